The van der Waals surface area contributed by atoms with Gasteiger partial charge in [-0.3, -0.25) is 4.99 Å². The Balaban J connectivity index is 2.87. The molecule has 1 heterocycles. The fourth-order valence-corrected chi connectivity index (χ4v) is 1.56. The van der Waals surface area contributed by atoms with Gasteiger partial charge in [0.25, 0.3) is 0 Å². The van der Waals surface area contributed by atoms with Crippen LogP contribution < -0.4 is 0 Å². The Morgan fingerprint density at radius 1 is 1.43 bits per heavy atom. The number of ether oxygens (including phenoxy) is 1. The summed E-state index contributed by atoms with van der Waals surface area (Å²) in [5, 5.41) is 0. The van der Waals surface area contributed by atoms with E-state index in [0.29, 0.717) is 5.92 Å². The van der Waals surface area contributed by atoms with Crippen LogP contribution in [0.1, 0.15) is 41.0 Å². The van der Waals surface area contributed by atoms with Gasteiger partial charge in [-0.05, 0) is 46.1 Å². The van der Waals surface area contributed by atoms with E-state index in [9.17, 15) is 0 Å². The van der Waals surface area contributed by atoms with Crippen LogP contribution in [-0.4, -0.2) is 17.9 Å². The third-order valence-electron chi connectivity index (χ3n) is 2.08. The number of hydrogen-bond acceptors (Lipinski definition) is 2. The highest BCUT2D eigenvalue weighted by molar-refractivity contribution is 5.99. The minimum absolute atomic E-state index is 0.00991. The highest BCUT2D eigenvalue weighted by Crippen LogP contribution is 2.22. The van der Waals surface area contributed by atoms with E-state index in [1.54, 1.807) is 0 Å². The van der Waals surface area contributed by atoms with Gasteiger partial charge in [0.05, 0.1) is 17.9 Å². The van der Waals surface area contributed by atoms with Crippen LogP contribution in [0.3, 0.4) is 0 Å². The molecule has 1 fully saturated rings. The van der Waals surface area contributed by atoms with E-state index in [4.69, 9.17) is 9.73 Å². The zero-order valence-corrected chi connectivity index (χ0v) is 9.92. The number of nitrogens with zero attached hydrogens (tertiary/aromatic N) is 1. The topological polar surface area (TPSA) is 21.6 Å². The van der Waals surface area contributed by atoms with Crippen molar-refractivity contribution in [2.24, 2.45) is 10.9 Å². The van der Waals surface area contributed by atoms with Gasteiger partial charge in [-0.1, -0.05) is 6.92 Å². The average molecular weight is 195 g/mol. The second-order valence-electron chi connectivity index (χ2n) is 5.00. The first kappa shape index (κ1) is 11.3. The summed E-state index contributed by atoms with van der Waals surface area (Å²) in [6, 6.07) is 0. The Bertz CT molecular complexity index is 258. The zero-order valence-electron chi connectivity index (χ0n) is 9.92. The van der Waals surface area contributed by atoms with Gasteiger partial charge >= 0.3 is 0 Å². The van der Waals surface area contributed by atoms with E-state index in [-0.39, 0.29) is 5.54 Å². The molecule has 1 aliphatic heterocycles. The van der Waals surface area contributed by atoms with Crippen LogP contribution in [-0.2, 0) is 4.74 Å². The summed E-state index contributed by atoms with van der Waals surface area (Å²) in [4.78, 5) is 4.69. The first-order chi connectivity index (χ1) is 6.42. The Morgan fingerprint density at radius 2 is 2.07 bits per heavy atom. The lowest BCUT2D eigenvalue weighted by atomic mass is 9.99. The van der Waals surface area contributed by atoms with Gasteiger partial charge in [-0.15, -0.1) is 0 Å². The van der Waals surface area contributed by atoms with Crippen LogP contribution in [0.5, 0.6) is 0 Å². The Labute approximate surface area is 87.1 Å². The molecule has 1 atom stereocenters. The molecule has 0 bridgehead atoms. The Kier molecular flexibility index (Phi) is 3.35. The van der Waals surface area contributed by atoms with Crippen LogP contribution >= 0.6 is 0 Å². The second kappa shape index (κ2) is 4.16. The van der Waals surface area contributed by atoms with Crippen molar-refractivity contribution in [3.05, 3.63) is 11.8 Å². The van der Waals surface area contributed by atoms with Crippen molar-refractivity contribution in [2.75, 3.05) is 6.61 Å². The van der Waals surface area contributed by atoms with E-state index in [2.05, 4.69) is 27.7 Å². The molecule has 80 valence electrons. The minimum atomic E-state index is -0.00991. The van der Waals surface area contributed by atoms with E-state index in [1.807, 2.05) is 13.0 Å². The first-order valence-electron chi connectivity index (χ1n) is 5.30. The number of allylic oxidation sites excluding steroid dienone is 2. The fourth-order valence-electron chi connectivity index (χ4n) is 1.56. The largest absolute Gasteiger partial charge is 0.492 e. The van der Waals surface area contributed by atoms with Crippen LogP contribution in [0.2, 0.25) is 0 Å². The summed E-state index contributed by atoms with van der Waals surface area (Å²) < 4.78 is 5.63. The van der Waals surface area contributed by atoms with Crippen molar-refractivity contribution in [1.82, 2.24) is 0 Å². The van der Waals surface area contributed by atoms with Crippen molar-refractivity contribution in [3.63, 3.8) is 0 Å². The quantitative estimate of drug-likeness (QED) is 0.581. The lowest BCUT2D eigenvalue weighted by molar-refractivity contribution is 0.171. The molecular weight excluding hydrogens is 174 g/mol. The average Bonchev–Trinajstić information content (AvgIpc) is 2.01. The molecule has 0 saturated carbocycles. The first-order valence-corrected chi connectivity index (χ1v) is 5.30. The van der Waals surface area contributed by atoms with E-state index < -0.39 is 0 Å². The molecular formula is C12H21NO. The number of hydrogen-bond donors (Lipinski definition) is 0. The molecule has 1 aliphatic rings. The lowest BCUT2D eigenvalue weighted by Gasteiger charge is -2.26. The second-order valence-corrected chi connectivity index (χ2v) is 5.00. The Morgan fingerprint density at radius 3 is 2.57 bits per heavy atom. The van der Waals surface area contributed by atoms with E-state index in [0.717, 1.165) is 24.5 Å². The van der Waals surface area contributed by atoms with E-state index >= 15 is 0 Å². The molecule has 0 radical (unpaired) electrons. The molecule has 0 spiro atoms. The highest BCUT2D eigenvalue weighted by Gasteiger charge is 2.21. The monoisotopic (exact) mass is 195 g/mol. The summed E-state index contributed by atoms with van der Waals surface area (Å²) in [6.45, 7) is 11.4. The minimum Gasteiger partial charge on any atom is -0.492 e. The maximum atomic E-state index is 5.63. The molecule has 2 nitrogen and oxygen atoms in total. The normalized spacial score (nSPS) is 29.4. The molecule has 0 aromatic heterocycles. The van der Waals surface area contributed by atoms with Gasteiger partial charge in [0.15, 0.2) is 0 Å². The van der Waals surface area contributed by atoms with Gasteiger partial charge in [0, 0.05) is 0 Å². The van der Waals surface area contributed by atoms with Crippen molar-refractivity contribution in [1.29, 1.82) is 0 Å². The lowest BCUT2D eigenvalue weighted by Crippen LogP contribution is -2.25. The molecule has 0 aliphatic carbocycles. The molecule has 0 aromatic rings. The molecule has 2 heteroatoms. The molecule has 1 rings (SSSR count). The summed E-state index contributed by atoms with van der Waals surface area (Å²) in [5.41, 5.74) is 1.11. The summed E-state index contributed by atoms with van der Waals surface area (Å²) in [7, 11) is 0. The van der Waals surface area contributed by atoms with Gasteiger partial charge in [0.2, 0.25) is 0 Å². The predicted molar refractivity (Wildman–Crippen MR) is 60.7 cm³/mol. The summed E-state index contributed by atoms with van der Waals surface area (Å²) in [5.74, 6) is 1.55. The van der Waals surface area contributed by atoms with Crippen LogP contribution in [0.4, 0.5) is 0 Å². The highest BCUT2D eigenvalue weighted by atomic mass is 16.5. The standard InChI is InChI=1S/C12H21NO/c1-6-11-10(13-12(3,4)5)7-9(2)8-14-11/h6,9H,7-8H2,1-5H3/b11-6+,13-10?. The smallest absolute Gasteiger partial charge is 0.136 e. The summed E-state index contributed by atoms with van der Waals surface area (Å²) >= 11 is 0. The predicted octanol–water partition coefficient (Wildman–Crippen LogP) is 3.19. The van der Waals surface area contributed by atoms with Crippen LogP contribution in [0, 0.1) is 5.92 Å². The molecule has 0 N–H and O–H groups in total. The molecule has 14 heavy (non-hydrogen) atoms. The van der Waals surface area contributed by atoms with Gasteiger partial charge in [0.1, 0.15) is 5.76 Å². The molecule has 1 unspecified atom stereocenters. The Hall–Kier alpha value is -0.790. The maximum Gasteiger partial charge on any atom is 0.136 e. The van der Waals surface area contributed by atoms with Crippen molar-refractivity contribution in [3.8, 4) is 0 Å². The van der Waals surface area contributed by atoms with Gasteiger partial charge in [-0.25, -0.2) is 0 Å². The fraction of sp³-hybridized carbons (Fsp3) is 0.750. The third kappa shape index (κ3) is 3.17. The molecule has 0 aromatic carbocycles. The maximum absolute atomic E-state index is 5.63. The zero-order chi connectivity index (χ0) is 10.8. The third-order valence-corrected chi connectivity index (χ3v) is 2.08. The van der Waals surface area contributed by atoms with Crippen LogP contribution in [0.15, 0.2) is 16.8 Å². The van der Waals surface area contributed by atoms with Crippen molar-refractivity contribution in [2.45, 2.75) is 46.6 Å². The summed E-state index contributed by atoms with van der Waals surface area (Å²) in [6.07, 6.45) is 3.05. The van der Waals surface area contributed by atoms with E-state index in [1.165, 1.54) is 0 Å². The SMILES string of the molecule is C/C=C1/OCC(C)CC1=NC(C)(C)C. The van der Waals surface area contributed by atoms with Crippen molar-refractivity contribution < 1.29 is 4.74 Å². The van der Waals surface area contributed by atoms with Crippen LogP contribution in [0.25, 0.3) is 0 Å². The molecule has 0 amide bonds. The van der Waals surface area contributed by atoms with Gasteiger partial charge in [-0.2, -0.15) is 0 Å². The van der Waals surface area contributed by atoms with Crippen molar-refractivity contribution >= 4 is 5.71 Å². The van der Waals surface area contributed by atoms with Gasteiger partial charge < -0.3 is 4.74 Å². The number of aliphatic imine (C=N–C) groups is 1. The molecule has 1 saturated heterocycles. The number of rotatable bonds is 0.